The third kappa shape index (κ3) is 3.77. The van der Waals surface area contributed by atoms with Gasteiger partial charge in [0.1, 0.15) is 6.54 Å². The van der Waals surface area contributed by atoms with Gasteiger partial charge in [-0.3, -0.25) is 14.5 Å². The van der Waals surface area contributed by atoms with Crippen molar-refractivity contribution in [2.75, 3.05) is 26.0 Å². The van der Waals surface area contributed by atoms with E-state index in [1.165, 1.54) is 29.8 Å². The average molecular weight is 259 g/mol. The summed E-state index contributed by atoms with van der Waals surface area (Å²) in [7, 11) is 1.24. The van der Waals surface area contributed by atoms with Gasteiger partial charge in [-0.1, -0.05) is 11.8 Å². The van der Waals surface area contributed by atoms with Gasteiger partial charge < -0.3 is 9.47 Å². The van der Waals surface area contributed by atoms with Crippen LogP contribution in [0.4, 0.5) is 0 Å². The van der Waals surface area contributed by atoms with Gasteiger partial charge in [-0.15, -0.1) is 0 Å². The van der Waals surface area contributed by atoms with E-state index < -0.39 is 11.9 Å². The number of nitrogens with zero attached hydrogens (tertiary/aromatic N) is 1. The highest BCUT2D eigenvalue weighted by Gasteiger charge is 2.29. The van der Waals surface area contributed by atoms with Gasteiger partial charge in [0.05, 0.1) is 30.6 Å². The SMILES string of the molecule is CCOC(=O)C=C1SCC(=O)N1CC(=O)OC. The Morgan fingerprint density at radius 1 is 1.53 bits per heavy atom. The molecule has 0 atom stereocenters. The summed E-state index contributed by atoms with van der Waals surface area (Å²) >= 11 is 1.19. The fraction of sp³-hybridized carbons (Fsp3) is 0.500. The van der Waals surface area contributed by atoms with Crippen molar-refractivity contribution >= 4 is 29.6 Å². The first-order chi connectivity index (χ1) is 8.08. The van der Waals surface area contributed by atoms with Crippen LogP contribution >= 0.6 is 11.8 Å². The van der Waals surface area contributed by atoms with Crippen LogP contribution < -0.4 is 0 Å². The maximum atomic E-state index is 11.5. The number of thioether (sulfide) groups is 1. The largest absolute Gasteiger partial charge is 0.468 e. The zero-order valence-corrected chi connectivity index (χ0v) is 10.4. The Hall–Kier alpha value is -1.50. The predicted molar refractivity (Wildman–Crippen MR) is 60.9 cm³/mol. The summed E-state index contributed by atoms with van der Waals surface area (Å²) in [4.78, 5) is 35.0. The minimum absolute atomic E-state index is 0.187. The second kappa shape index (κ2) is 6.29. The number of methoxy groups -OCH3 is 1. The van der Waals surface area contributed by atoms with Crippen molar-refractivity contribution in [1.29, 1.82) is 0 Å². The molecule has 1 rings (SSSR count). The van der Waals surface area contributed by atoms with E-state index in [-0.39, 0.29) is 24.8 Å². The Morgan fingerprint density at radius 2 is 2.24 bits per heavy atom. The van der Waals surface area contributed by atoms with Crippen molar-refractivity contribution in [1.82, 2.24) is 4.90 Å². The molecule has 0 spiro atoms. The second-order valence-corrected chi connectivity index (χ2v) is 4.07. The summed E-state index contributed by atoms with van der Waals surface area (Å²) in [5, 5.41) is 0.416. The lowest BCUT2D eigenvalue weighted by atomic mass is 10.4. The number of hydrogen-bond donors (Lipinski definition) is 0. The summed E-state index contributed by atoms with van der Waals surface area (Å²) in [5.41, 5.74) is 0. The topological polar surface area (TPSA) is 72.9 Å². The molecule has 1 amide bonds. The molecule has 6 nitrogen and oxygen atoms in total. The molecule has 94 valence electrons. The normalized spacial score (nSPS) is 17.4. The van der Waals surface area contributed by atoms with Crippen LogP contribution in [0.1, 0.15) is 6.92 Å². The quantitative estimate of drug-likeness (QED) is 0.528. The van der Waals surface area contributed by atoms with Crippen LogP contribution in [0, 0.1) is 0 Å². The molecule has 0 radical (unpaired) electrons. The van der Waals surface area contributed by atoms with Gasteiger partial charge in [-0.25, -0.2) is 4.79 Å². The van der Waals surface area contributed by atoms with Crippen molar-refractivity contribution in [3.8, 4) is 0 Å². The molecule has 1 saturated heterocycles. The molecule has 17 heavy (non-hydrogen) atoms. The Kier molecular flexibility index (Phi) is 5.02. The molecule has 1 heterocycles. The Morgan fingerprint density at radius 3 is 2.82 bits per heavy atom. The molecule has 1 aliphatic heterocycles. The molecule has 0 N–H and O–H groups in total. The van der Waals surface area contributed by atoms with E-state index in [4.69, 9.17) is 4.74 Å². The lowest BCUT2D eigenvalue weighted by Crippen LogP contribution is -2.31. The van der Waals surface area contributed by atoms with Crippen LogP contribution in [0.5, 0.6) is 0 Å². The van der Waals surface area contributed by atoms with Gasteiger partial charge in [-0.05, 0) is 6.92 Å². The summed E-state index contributed by atoms with van der Waals surface area (Å²) in [6.45, 7) is 1.77. The lowest BCUT2D eigenvalue weighted by Gasteiger charge is -2.14. The Labute approximate surface area is 103 Å². The van der Waals surface area contributed by atoms with Crippen molar-refractivity contribution in [3.63, 3.8) is 0 Å². The molecule has 1 aliphatic rings. The second-order valence-electron chi connectivity index (χ2n) is 3.08. The fourth-order valence-corrected chi connectivity index (χ4v) is 2.11. The van der Waals surface area contributed by atoms with Crippen LogP contribution in [0.3, 0.4) is 0 Å². The monoisotopic (exact) mass is 259 g/mol. The number of carbonyl (C=O) groups is 3. The van der Waals surface area contributed by atoms with Gasteiger partial charge in [0.25, 0.3) is 0 Å². The lowest BCUT2D eigenvalue weighted by molar-refractivity contribution is -0.144. The number of amides is 1. The van der Waals surface area contributed by atoms with Gasteiger partial charge >= 0.3 is 11.9 Å². The van der Waals surface area contributed by atoms with E-state index in [1.54, 1.807) is 6.92 Å². The average Bonchev–Trinajstić information content (AvgIpc) is 2.61. The van der Waals surface area contributed by atoms with E-state index in [0.717, 1.165) is 0 Å². The number of ether oxygens (including phenoxy) is 2. The third-order valence-electron chi connectivity index (χ3n) is 1.95. The van der Waals surface area contributed by atoms with E-state index in [0.29, 0.717) is 5.03 Å². The molecule has 0 bridgehead atoms. The summed E-state index contributed by atoms with van der Waals surface area (Å²) < 4.78 is 9.21. The van der Waals surface area contributed by atoms with Gasteiger partial charge in [0, 0.05) is 0 Å². The predicted octanol–water partition coefficient (Wildman–Crippen LogP) is 0.139. The Bertz CT molecular complexity index is 366. The first-order valence-corrected chi connectivity index (χ1v) is 5.95. The standard InChI is InChI=1S/C10H13NO5S/c1-3-16-9(13)4-8-11(5-10(14)15-2)7(12)6-17-8/h4H,3,5-6H2,1-2H3. The fourth-order valence-electron chi connectivity index (χ4n) is 1.18. The minimum Gasteiger partial charge on any atom is -0.468 e. The molecule has 0 aromatic rings. The maximum Gasteiger partial charge on any atom is 0.333 e. The number of carbonyl (C=O) groups excluding carboxylic acids is 3. The highest BCUT2D eigenvalue weighted by molar-refractivity contribution is 8.04. The molecular formula is C10H13NO5S. The Balaban J connectivity index is 2.73. The molecule has 7 heteroatoms. The van der Waals surface area contributed by atoms with Crippen LogP contribution in [0.15, 0.2) is 11.1 Å². The molecule has 0 saturated carbocycles. The van der Waals surface area contributed by atoms with Crippen LogP contribution in [0.2, 0.25) is 0 Å². The van der Waals surface area contributed by atoms with Crippen molar-refractivity contribution < 1.29 is 23.9 Å². The molecule has 0 aromatic carbocycles. The minimum atomic E-state index is -0.532. The zero-order valence-electron chi connectivity index (χ0n) is 9.60. The number of hydrogen-bond acceptors (Lipinski definition) is 6. The molecular weight excluding hydrogens is 246 g/mol. The maximum absolute atomic E-state index is 11.5. The third-order valence-corrected chi connectivity index (χ3v) is 2.98. The molecule has 1 fully saturated rings. The van der Waals surface area contributed by atoms with E-state index in [9.17, 15) is 14.4 Å². The molecule has 0 unspecified atom stereocenters. The first kappa shape index (κ1) is 13.6. The summed E-state index contributed by atoms with van der Waals surface area (Å²) in [5.74, 6) is -1.08. The molecule has 0 aliphatic carbocycles. The highest BCUT2D eigenvalue weighted by atomic mass is 32.2. The molecule has 0 aromatic heterocycles. The van der Waals surface area contributed by atoms with Crippen molar-refractivity contribution in [2.45, 2.75) is 6.92 Å². The first-order valence-electron chi connectivity index (χ1n) is 4.97. The number of rotatable bonds is 4. The van der Waals surface area contributed by atoms with Gasteiger partial charge in [-0.2, -0.15) is 0 Å². The van der Waals surface area contributed by atoms with Gasteiger partial charge in [0.15, 0.2) is 0 Å². The van der Waals surface area contributed by atoms with E-state index >= 15 is 0 Å². The van der Waals surface area contributed by atoms with Crippen LogP contribution in [-0.2, 0) is 23.9 Å². The smallest absolute Gasteiger partial charge is 0.333 e. The van der Waals surface area contributed by atoms with E-state index in [2.05, 4.69) is 4.74 Å². The summed E-state index contributed by atoms with van der Waals surface area (Å²) in [6.07, 6.45) is 1.21. The van der Waals surface area contributed by atoms with E-state index in [1.807, 2.05) is 0 Å². The number of esters is 2. The summed E-state index contributed by atoms with van der Waals surface area (Å²) in [6, 6.07) is 0. The van der Waals surface area contributed by atoms with Crippen LogP contribution in [-0.4, -0.2) is 48.8 Å². The van der Waals surface area contributed by atoms with Gasteiger partial charge in [0.2, 0.25) is 5.91 Å². The van der Waals surface area contributed by atoms with Crippen molar-refractivity contribution in [3.05, 3.63) is 11.1 Å². The van der Waals surface area contributed by atoms with Crippen molar-refractivity contribution in [2.24, 2.45) is 0 Å². The highest BCUT2D eigenvalue weighted by Crippen LogP contribution is 2.28. The van der Waals surface area contributed by atoms with Crippen LogP contribution in [0.25, 0.3) is 0 Å². The zero-order chi connectivity index (χ0) is 12.8.